The van der Waals surface area contributed by atoms with Gasteiger partial charge in [0.15, 0.2) is 5.78 Å². The third kappa shape index (κ3) is 2.57. The molecule has 0 saturated heterocycles. The largest absolute Gasteiger partial charge is 0.382 e. The van der Waals surface area contributed by atoms with E-state index in [1.54, 1.807) is 0 Å². The zero-order valence-electron chi connectivity index (χ0n) is 10.9. The minimum absolute atomic E-state index is 0.242. The van der Waals surface area contributed by atoms with Crippen molar-refractivity contribution in [1.82, 2.24) is 4.98 Å². The zero-order valence-corrected chi connectivity index (χ0v) is 10.9. The molecule has 1 N–H and O–H groups in total. The minimum Gasteiger partial charge on any atom is -0.382 e. The van der Waals surface area contributed by atoms with Crippen LogP contribution >= 0.6 is 0 Å². The number of ketones is 1. The maximum atomic E-state index is 11.3. The Labute approximate surface area is 106 Å². The summed E-state index contributed by atoms with van der Waals surface area (Å²) < 4.78 is 0. The van der Waals surface area contributed by atoms with E-state index in [1.807, 2.05) is 31.2 Å². The van der Waals surface area contributed by atoms with Crippen molar-refractivity contribution in [2.45, 2.75) is 32.8 Å². The number of aliphatic hydroxyl groups is 1. The number of fused-ring (bicyclic) bond motifs is 1. The molecule has 0 bridgehead atoms. The fourth-order valence-corrected chi connectivity index (χ4v) is 1.86. The van der Waals surface area contributed by atoms with Crippen molar-refractivity contribution in [3.63, 3.8) is 0 Å². The van der Waals surface area contributed by atoms with Gasteiger partial charge in [-0.15, -0.1) is 0 Å². The molecular weight excluding hydrogens is 226 g/mol. The Morgan fingerprint density at radius 2 is 2.06 bits per heavy atom. The first-order valence-corrected chi connectivity index (χ1v) is 5.98. The van der Waals surface area contributed by atoms with Gasteiger partial charge in [-0.05, 0) is 39.0 Å². The molecule has 1 aromatic carbocycles. The number of carbonyl (C=O) groups excluding carboxylic acids is 1. The maximum absolute atomic E-state index is 11.3. The molecule has 0 aliphatic heterocycles. The molecule has 3 heteroatoms. The topological polar surface area (TPSA) is 50.2 Å². The molecule has 18 heavy (non-hydrogen) atoms. The molecule has 2 aromatic rings. The van der Waals surface area contributed by atoms with Crippen LogP contribution < -0.4 is 0 Å². The van der Waals surface area contributed by atoms with Gasteiger partial charge in [-0.3, -0.25) is 9.78 Å². The average molecular weight is 243 g/mol. The number of rotatable bonds is 3. The Kier molecular flexibility index (Phi) is 3.18. The minimum atomic E-state index is -1.34. The highest BCUT2D eigenvalue weighted by molar-refractivity contribution is 5.84. The summed E-state index contributed by atoms with van der Waals surface area (Å²) in [5.41, 5.74) is 1.46. The summed E-state index contributed by atoms with van der Waals surface area (Å²) in [6.45, 7) is 4.95. The molecule has 0 aliphatic carbocycles. The molecular formula is C15H17NO2. The lowest BCUT2D eigenvalue weighted by molar-refractivity contribution is -0.133. The Bertz CT molecular complexity index is 602. The van der Waals surface area contributed by atoms with Crippen LogP contribution in [-0.4, -0.2) is 21.5 Å². The van der Waals surface area contributed by atoms with Crippen LogP contribution in [0.5, 0.6) is 0 Å². The lowest BCUT2D eigenvalue weighted by Gasteiger charge is -2.19. The highest BCUT2D eigenvalue weighted by Crippen LogP contribution is 2.18. The van der Waals surface area contributed by atoms with Crippen molar-refractivity contribution in [2.75, 3.05) is 0 Å². The van der Waals surface area contributed by atoms with E-state index in [9.17, 15) is 9.90 Å². The predicted octanol–water partition coefficient (Wildman–Crippen LogP) is 2.43. The van der Waals surface area contributed by atoms with Crippen molar-refractivity contribution in [3.8, 4) is 0 Å². The summed E-state index contributed by atoms with van der Waals surface area (Å²) in [4.78, 5) is 15.8. The van der Waals surface area contributed by atoms with Crippen LogP contribution in [0.25, 0.3) is 10.9 Å². The predicted molar refractivity (Wildman–Crippen MR) is 71.5 cm³/mol. The summed E-state index contributed by atoms with van der Waals surface area (Å²) in [6, 6.07) is 9.86. The van der Waals surface area contributed by atoms with E-state index in [-0.39, 0.29) is 12.2 Å². The summed E-state index contributed by atoms with van der Waals surface area (Å²) in [5.74, 6) is -0.242. The summed E-state index contributed by atoms with van der Waals surface area (Å²) in [5, 5.41) is 11.0. The Morgan fingerprint density at radius 1 is 1.33 bits per heavy atom. The van der Waals surface area contributed by atoms with Gasteiger partial charge < -0.3 is 5.11 Å². The van der Waals surface area contributed by atoms with E-state index in [1.165, 1.54) is 19.4 Å². The van der Waals surface area contributed by atoms with Crippen LogP contribution in [0.1, 0.15) is 25.1 Å². The normalized spacial score (nSPS) is 14.4. The molecule has 1 heterocycles. The smallest absolute Gasteiger partial charge is 0.161 e. The number of aromatic nitrogens is 1. The van der Waals surface area contributed by atoms with Crippen LogP contribution in [0.4, 0.5) is 0 Å². The SMILES string of the molecule is CC(=O)C(C)(O)Cc1ccc2cc(C)ccc2n1. The number of hydrogen-bond acceptors (Lipinski definition) is 3. The number of hydrogen-bond donors (Lipinski definition) is 1. The molecule has 1 aromatic heterocycles. The Balaban J connectivity index is 2.36. The van der Waals surface area contributed by atoms with Gasteiger partial charge in [0.25, 0.3) is 0 Å². The maximum Gasteiger partial charge on any atom is 0.161 e. The molecule has 3 nitrogen and oxygen atoms in total. The van der Waals surface area contributed by atoms with Gasteiger partial charge in [0.05, 0.1) is 5.52 Å². The third-order valence-corrected chi connectivity index (χ3v) is 3.19. The van der Waals surface area contributed by atoms with Gasteiger partial charge in [0, 0.05) is 17.5 Å². The van der Waals surface area contributed by atoms with E-state index < -0.39 is 5.60 Å². The molecule has 1 atom stereocenters. The molecule has 0 saturated carbocycles. The van der Waals surface area contributed by atoms with E-state index in [0.717, 1.165) is 16.6 Å². The lowest BCUT2D eigenvalue weighted by Crippen LogP contribution is -2.35. The molecule has 0 aliphatic rings. The van der Waals surface area contributed by atoms with Gasteiger partial charge in [0.1, 0.15) is 5.60 Å². The molecule has 0 spiro atoms. The Hall–Kier alpha value is -1.74. The van der Waals surface area contributed by atoms with Crippen molar-refractivity contribution < 1.29 is 9.90 Å². The first kappa shape index (κ1) is 12.7. The molecule has 0 radical (unpaired) electrons. The summed E-state index contributed by atoms with van der Waals surface area (Å²) in [7, 11) is 0. The zero-order chi connectivity index (χ0) is 13.3. The molecule has 94 valence electrons. The van der Waals surface area contributed by atoms with Crippen LogP contribution in [0.3, 0.4) is 0 Å². The second kappa shape index (κ2) is 4.50. The molecule has 1 unspecified atom stereocenters. The highest BCUT2D eigenvalue weighted by atomic mass is 16.3. The van der Waals surface area contributed by atoms with Gasteiger partial charge in [-0.25, -0.2) is 0 Å². The first-order valence-electron chi connectivity index (χ1n) is 5.98. The summed E-state index contributed by atoms with van der Waals surface area (Å²) in [6.07, 6.45) is 0.242. The highest BCUT2D eigenvalue weighted by Gasteiger charge is 2.27. The van der Waals surface area contributed by atoms with Crippen LogP contribution in [0.2, 0.25) is 0 Å². The second-order valence-electron chi connectivity index (χ2n) is 5.01. The standard InChI is InChI=1S/C15H17NO2/c1-10-4-7-14-12(8-10)5-6-13(16-14)9-15(3,18)11(2)17/h4-8,18H,9H2,1-3H3. The van der Waals surface area contributed by atoms with Crippen LogP contribution in [-0.2, 0) is 11.2 Å². The first-order chi connectivity index (χ1) is 8.38. The van der Waals surface area contributed by atoms with Crippen LogP contribution in [0, 0.1) is 6.92 Å². The van der Waals surface area contributed by atoms with Crippen molar-refractivity contribution in [3.05, 3.63) is 41.6 Å². The van der Waals surface area contributed by atoms with E-state index in [2.05, 4.69) is 11.1 Å². The van der Waals surface area contributed by atoms with Gasteiger partial charge in [-0.2, -0.15) is 0 Å². The number of aryl methyl sites for hydroxylation is 1. The fraction of sp³-hybridized carbons (Fsp3) is 0.333. The van der Waals surface area contributed by atoms with Crippen molar-refractivity contribution >= 4 is 16.7 Å². The monoisotopic (exact) mass is 243 g/mol. The molecule has 0 fully saturated rings. The average Bonchev–Trinajstić information content (AvgIpc) is 2.28. The van der Waals surface area contributed by atoms with Crippen molar-refractivity contribution in [2.24, 2.45) is 0 Å². The number of pyridine rings is 1. The molecule has 2 rings (SSSR count). The van der Waals surface area contributed by atoms with E-state index in [0.29, 0.717) is 0 Å². The number of carbonyl (C=O) groups is 1. The van der Waals surface area contributed by atoms with Gasteiger partial charge in [0.2, 0.25) is 0 Å². The number of benzene rings is 1. The van der Waals surface area contributed by atoms with Crippen molar-refractivity contribution in [1.29, 1.82) is 0 Å². The lowest BCUT2D eigenvalue weighted by atomic mass is 9.95. The van der Waals surface area contributed by atoms with Gasteiger partial charge >= 0.3 is 0 Å². The fourth-order valence-electron chi connectivity index (χ4n) is 1.86. The molecule has 0 amide bonds. The number of nitrogens with zero attached hydrogens (tertiary/aromatic N) is 1. The quantitative estimate of drug-likeness (QED) is 0.900. The second-order valence-corrected chi connectivity index (χ2v) is 5.01. The third-order valence-electron chi connectivity index (χ3n) is 3.19. The number of Topliss-reactive ketones (excluding diaryl/α,β-unsaturated/α-hetero) is 1. The summed E-state index contributed by atoms with van der Waals surface area (Å²) >= 11 is 0. The Morgan fingerprint density at radius 3 is 2.72 bits per heavy atom. The van der Waals surface area contributed by atoms with Gasteiger partial charge in [-0.1, -0.05) is 17.7 Å². The van der Waals surface area contributed by atoms with E-state index >= 15 is 0 Å². The van der Waals surface area contributed by atoms with Crippen LogP contribution in [0.15, 0.2) is 30.3 Å². The van der Waals surface area contributed by atoms with E-state index in [4.69, 9.17) is 0 Å².